The first kappa shape index (κ1) is 18.9. The molecule has 1 aliphatic rings. The zero-order valence-electron chi connectivity index (χ0n) is 15.3. The van der Waals surface area contributed by atoms with Crippen LogP contribution in [0.3, 0.4) is 0 Å². The molecule has 1 saturated heterocycles. The van der Waals surface area contributed by atoms with E-state index in [1.54, 1.807) is 23.5 Å². The van der Waals surface area contributed by atoms with Crippen molar-refractivity contribution in [3.05, 3.63) is 70.0 Å². The van der Waals surface area contributed by atoms with E-state index in [9.17, 15) is 4.79 Å². The molecule has 28 heavy (non-hydrogen) atoms. The van der Waals surface area contributed by atoms with E-state index in [2.05, 4.69) is 27.7 Å². The van der Waals surface area contributed by atoms with Crippen LogP contribution in [0.4, 0.5) is 10.5 Å². The van der Waals surface area contributed by atoms with E-state index in [1.165, 1.54) is 0 Å². The summed E-state index contributed by atoms with van der Waals surface area (Å²) < 4.78 is 0. The minimum Gasteiger partial charge on any atom is -0.322 e. The molecular formula is C21H21ClN4OS. The number of hydrogen-bond acceptors (Lipinski definition) is 4. The Kier molecular flexibility index (Phi) is 5.90. The van der Waals surface area contributed by atoms with E-state index < -0.39 is 0 Å². The number of nitrogens with zero attached hydrogens (tertiary/aromatic N) is 3. The van der Waals surface area contributed by atoms with Gasteiger partial charge in [0.2, 0.25) is 0 Å². The molecule has 1 fully saturated rings. The monoisotopic (exact) mass is 412 g/mol. The smallest absolute Gasteiger partial charge is 0.321 e. The minimum absolute atomic E-state index is 0.0810. The molecular weight excluding hydrogens is 392 g/mol. The molecule has 0 saturated carbocycles. The van der Waals surface area contributed by atoms with E-state index in [0.29, 0.717) is 18.1 Å². The van der Waals surface area contributed by atoms with Gasteiger partial charge in [0.25, 0.3) is 0 Å². The highest BCUT2D eigenvalue weighted by Crippen LogP contribution is 2.23. The third kappa shape index (κ3) is 4.70. The molecule has 1 aliphatic heterocycles. The van der Waals surface area contributed by atoms with E-state index in [-0.39, 0.29) is 6.03 Å². The minimum atomic E-state index is -0.0810. The van der Waals surface area contributed by atoms with Gasteiger partial charge in [0, 0.05) is 47.8 Å². The Morgan fingerprint density at radius 2 is 1.86 bits per heavy atom. The highest BCUT2D eigenvalue weighted by molar-refractivity contribution is 7.09. The van der Waals surface area contributed by atoms with E-state index in [1.807, 2.05) is 35.2 Å². The van der Waals surface area contributed by atoms with Gasteiger partial charge in [-0.05, 0) is 18.2 Å². The van der Waals surface area contributed by atoms with Crippen LogP contribution < -0.4 is 5.32 Å². The van der Waals surface area contributed by atoms with Crippen molar-refractivity contribution >= 4 is 34.7 Å². The molecule has 7 heteroatoms. The van der Waals surface area contributed by atoms with Crippen LogP contribution in [0, 0.1) is 0 Å². The molecule has 3 aromatic rings. The molecule has 2 amide bonds. The molecule has 5 nitrogen and oxygen atoms in total. The number of amides is 2. The number of piperazine rings is 1. The lowest BCUT2D eigenvalue weighted by Gasteiger charge is -2.34. The largest absolute Gasteiger partial charge is 0.322 e. The molecule has 144 valence electrons. The van der Waals surface area contributed by atoms with Crippen molar-refractivity contribution in [1.82, 2.24) is 14.8 Å². The Bertz CT molecular complexity index is 938. The summed E-state index contributed by atoms with van der Waals surface area (Å²) in [7, 11) is 0. The second kappa shape index (κ2) is 8.73. The quantitative estimate of drug-likeness (QED) is 0.668. The lowest BCUT2D eigenvalue weighted by molar-refractivity contribution is 0.143. The number of benzene rings is 2. The maximum Gasteiger partial charge on any atom is 0.321 e. The molecule has 0 bridgehead atoms. The van der Waals surface area contributed by atoms with E-state index in [0.717, 1.165) is 41.6 Å². The average Bonchev–Trinajstić information content (AvgIpc) is 3.18. The summed E-state index contributed by atoms with van der Waals surface area (Å²) in [6.07, 6.45) is 0. The summed E-state index contributed by atoms with van der Waals surface area (Å²) in [6, 6.07) is 17.4. The van der Waals surface area contributed by atoms with Gasteiger partial charge in [-0.3, -0.25) is 4.90 Å². The zero-order valence-corrected chi connectivity index (χ0v) is 16.9. The van der Waals surface area contributed by atoms with Crippen LogP contribution in [0.5, 0.6) is 0 Å². The zero-order chi connectivity index (χ0) is 19.3. The van der Waals surface area contributed by atoms with Crippen molar-refractivity contribution in [2.75, 3.05) is 31.5 Å². The van der Waals surface area contributed by atoms with Crippen LogP contribution in [0.2, 0.25) is 5.02 Å². The number of nitrogens with one attached hydrogen (secondary N) is 1. The Balaban J connectivity index is 1.28. The number of rotatable bonds is 4. The molecule has 0 spiro atoms. The highest BCUT2D eigenvalue weighted by atomic mass is 35.5. The SMILES string of the molecule is O=C(Nc1cccc(Cl)c1)N1CCN(Cc2nc(-c3ccccc3)cs2)CC1. The number of carbonyl (C=O) groups excluding carboxylic acids is 1. The summed E-state index contributed by atoms with van der Waals surface area (Å²) in [4.78, 5) is 21.4. The number of carbonyl (C=O) groups is 1. The normalized spacial score (nSPS) is 14.8. The van der Waals surface area contributed by atoms with Crippen LogP contribution in [0.1, 0.15) is 5.01 Å². The summed E-state index contributed by atoms with van der Waals surface area (Å²) in [6.45, 7) is 3.89. The number of thiazole rings is 1. The fraction of sp³-hybridized carbons (Fsp3) is 0.238. The molecule has 1 N–H and O–H groups in total. The van der Waals surface area contributed by atoms with E-state index >= 15 is 0 Å². The number of hydrogen-bond donors (Lipinski definition) is 1. The lowest BCUT2D eigenvalue weighted by atomic mass is 10.2. The predicted octanol–water partition coefficient (Wildman–Crippen LogP) is 4.81. The molecule has 0 unspecified atom stereocenters. The Morgan fingerprint density at radius 1 is 1.07 bits per heavy atom. The molecule has 0 atom stereocenters. The lowest BCUT2D eigenvalue weighted by Crippen LogP contribution is -2.49. The number of urea groups is 1. The van der Waals surface area contributed by atoms with Crippen LogP contribution in [-0.2, 0) is 6.54 Å². The van der Waals surface area contributed by atoms with Crippen LogP contribution >= 0.6 is 22.9 Å². The molecule has 0 aliphatic carbocycles. The topological polar surface area (TPSA) is 48.5 Å². The van der Waals surface area contributed by atoms with Gasteiger partial charge >= 0.3 is 6.03 Å². The second-order valence-corrected chi connectivity index (χ2v) is 8.08. The Morgan fingerprint density at radius 3 is 2.61 bits per heavy atom. The number of halogens is 1. The van der Waals surface area contributed by atoms with Crippen LogP contribution in [-0.4, -0.2) is 47.0 Å². The summed E-state index contributed by atoms with van der Waals surface area (Å²) in [5, 5.41) is 6.74. The van der Waals surface area contributed by atoms with Crippen molar-refractivity contribution < 1.29 is 4.79 Å². The maximum absolute atomic E-state index is 12.4. The number of anilines is 1. The van der Waals surface area contributed by atoms with Crippen molar-refractivity contribution in [2.24, 2.45) is 0 Å². The van der Waals surface area contributed by atoms with Crippen molar-refractivity contribution in [1.29, 1.82) is 0 Å². The van der Waals surface area contributed by atoms with Crippen molar-refractivity contribution in [3.8, 4) is 11.3 Å². The van der Waals surface area contributed by atoms with Gasteiger partial charge in [0.15, 0.2) is 0 Å². The molecule has 4 rings (SSSR count). The van der Waals surface area contributed by atoms with Gasteiger partial charge in [-0.2, -0.15) is 0 Å². The van der Waals surface area contributed by atoms with Gasteiger partial charge in [0.05, 0.1) is 12.2 Å². The average molecular weight is 413 g/mol. The third-order valence-corrected chi connectivity index (χ3v) is 5.78. The summed E-state index contributed by atoms with van der Waals surface area (Å²) in [5.74, 6) is 0. The first-order chi connectivity index (χ1) is 13.7. The van der Waals surface area contributed by atoms with Gasteiger partial charge in [-0.15, -0.1) is 11.3 Å². The molecule has 2 heterocycles. The van der Waals surface area contributed by atoms with Gasteiger partial charge in [0.1, 0.15) is 5.01 Å². The van der Waals surface area contributed by atoms with E-state index in [4.69, 9.17) is 16.6 Å². The third-order valence-electron chi connectivity index (χ3n) is 4.72. The van der Waals surface area contributed by atoms with Gasteiger partial charge < -0.3 is 10.2 Å². The number of aromatic nitrogens is 1. The van der Waals surface area contributed by atoms with Crippen LogP contribution in [0.25, 0.3) is 11.3 Å². The van der Waals surface area contributed by atoms with Crippen LogP contribution in [0.15, 0.2) is 60.0 Å². The van der Waals surface area contributed by atoms with Crippen molar-refractivity contribution in [3.63, 3.8) is 0 Å². The molecule has 1 aromatic heterocycles. The standard InChI is InChI=1S/C21H21ClN4OS/c22-17-7-4-8-18(13-17)23-21(27)26-11-9-25(10-12-26)14-20-24-19(15-28-20)16-5-2-1-3-6-16/h1-8,13,15H,9-12,14H2,(H,23,27). The fourth-order valence-corrected chi connectivity index (χ4v) is 4.23. The van der Waals surface area contributed by atoms with Gasteiger partial charge in [-0.25, -0.2) is 9.78 Å². The molecule has 2 aromatic carbocycles. The first-order valence-electron chi connectivity index (χ1n) is 9.21. The highest BCUT2D eigenvalue weighted by Gasteiger charge is 2.22. The maximum atomic E-state index is 12.4. The molecule has 0 radical (unpaired) electrons. The fourth-order valence-electron chi connectivity index (χ4n) is 3.19. The summed E-state index contributed by atoms with van der Waals surface area (Å²) >= 11 is 7.66. The Labute approximate surface area is 173 Å². The summed E-state index contributed by atoms with van der Waals surface area (Å²) in [5.41, 5.74) is 2.89. The van der Waals surface area contributed by atoms with Gasteiger partial charge in [-0.1, -0.05) is 48.0 Å². The van der Waals surface area contributed by atoms with Crippen molar-refractivity contribution in [2.45, 2.75) is 6.54 Å². The second-order valence-electron chi connectivity index (χ2n) is 6.70. The predicted molar refractivity (Wildman–Crippen MR) is 115 cm³/mol. The first-order valence-corrected chi connectivity index (χ1v) is 10.5. The Hall–Kier alpha value is -2.41.